The molecule has 0 radical (unpaired) electrons. The predicted octanol–water partition coefficient (Wildman–Crippen LogP) is 3.75. The molecule has 2 heteroatoms. The first-order valence-corrected chi connectivity index (χ1v) is 6.12. The van der Waals surface area contributed by atoms with Crippen molar-refractivity contribution in [2.24, 2.45) is 5.41 Å². The van der Waals surface area contributed by atoms with Crippen molar-refractivity contribution < 1.29 is 0 Å². The van der Waals surface area contributed by atoms with Gasteiger partial charge in [0.05, 0.1) is 0 Å². The molecule has 0 aliphatic heterocycles. The first-order valence-electron chi connectivity index (χ1n) is 5.24. The molecule has 0 saturated carbocycles. The molecule has 80 valence electrons. The average Bonchev–Trinajstić information content (AvgIpc) is 2.45. The quantitative estimate of drug-likeness (QED) is 0.803. The number of hydrogen-bond acceptors (Lipinski definition) is 2. The highest BCUT2D eigenvalue weighted by atomic mass is 32.1. The van der Waals surface area contributed by atoms with E-state index in [0.717, 1.165) is 6.54 Å². The van der Waals surface area contributed by atoms with Gasteiger partial charge in [0.1, 0.15) is 0 Å². The molecule has 1 N–H and O–H groups in total. The Hall–Kier alpha value is -0.340. The van der Waals surface area contributed by atoms with E-state index >= 15 is 0 Å². The monoisotopic (exact) mass is 211 g/mol. The minimum absolute atomic E-state index is 0.280. The second kappa shape index (κ2) is 4.45. The number of aryl methyl sites for hydroxylation is 1. The minimum atomic E-state index is 0.280. The standard InChI is InChI=1S/C12H21NS/c1-6-13-11(12(3,4)5)10-7-8-14-9(10)2/h7-8,11,13H,6H2,1-5H3. The van der Waals surface area contributed by atoms with Gasteiger partial charge in [-0.25, -0.2) is 0 Å². The first kappa shape index (κ1) is 11.7. The molecule has 0 fully saturated rings. The molecule has 1 atom stereocenters. The Balaban J connectivity index is 2.95. The van der Waals surface area contributed by atoms with E-state index in [-0.39, 0.29) is 5.41 Å². The molecular weight excluding hydrogens is 190 g/mol. The molecule has 0 bridgehead atoms. The maximum absolute atomic E-state index is 3.57. The van der Waals surface area contributed by atoms with Gasteiger partial charge in [-0.3, -0.25) is 0 Å². The number of rotatable bonds is 3. The Kier molecular flexibility index (Phi) is 3.73. The second-order valence-corrected chi connectivity index (χ2v) is 5.91. The fourth-order valence-corrected chi connectivity index (χ4v) is 2.52. The highest BCUT2D eigenvalue weighted by Gasteiger charge is 2.26. The molecule has 1 aromatic heterocycles. The summed E-state index contributed by atoms with van der Waals surface area (Å²) in [6.45, 7) is 12.3. The van der Waals surface area contributed by atoms with Crippen LogP contribution in [-0.2, 0) is 0 Å². The van der Waals surface area contributed by atoms with Crippen molar-refractivity contribution >= 4 is 11.3 Å². The molecule has 1 nitrogen and oxygen atoms in total. The third-order valence-electron chi connectivity index (χ3n) is 2.48. The van der Waals surface area contributed by atoms with Gasteiger partial charge < -0.3 is 5.32 Å². The van der Waals surface area contributed by atoms with Crippen LogP contribution in [0.5, 0.6) is 0 Å². The summed E-state index contributed by atoms with van der Waals surface area (Å²) in [6, 6.07) is 2.72. The summed E-state index contributed by atoms with van der Waals surface area (Å²) in [4.78, 5) is 1.44. The van der Waals surface area contributed by atoms with Crippen LogP contribution in [-0.4, -0.2) is 6.54 Å². The average molecular weight is 211 g/mol. The van der Waals surface area contributed by atoms with Gasteiger partial charge in [0.2, 0.25) is 0 Å². The van der Waals surface area contributed by atoms with E-state index in [1.54, 1.807) is 0 Å². The van der Waals surface area contributed by atoms with Crippen LogP contribution >= 0.6 is 11.3 Å². The summed E-state index contributed by atoms with van der Waals surface area (Å²) in [6.07, 6.45) is 0. The zero-order valence-electron chi connectivity index (χ0n) is 9.85. The Morgan fingerprint density at radius 3 is 2.43 bits per heavy atom. The minimum Gasteiger partial charge on any atom is -0.310 e. The van der Waals surface area contributed by atoms with Crippen molar-refractivity contribution in [3.63, 3.8) is 0 Å². The van der Waals surface area contributed by atoms with Crippen LogP contribution in [0.15, 0.2) is 11.4 Å². The van der Waals surface area contributed by atoms with E-state index in [0.29, 0.717) is 6.04 Å². The van der Waals surface area contributed by atoms with Crippen molar-refractivity contribution in [3.8, 4) is 0 Å². The highest BCUT2D eigenvalue weighted by molar-refractivity contribution is 7.10. The summed E-state index contributed by atoms with van der Waals surface area (Å²) in [5, 5.41) is 5.75. The van der Waals surface area contributed by atoms with Crippen molar-refractivity contribution in [2.45, 2.75) is 40.7 Å². The summed E-state index contributed by atoms with van der Waals surface area (Å²) in [7, 11) is 0. The van der Waals surface area contributed by atoms with Crippen molar-refractivity contribution in [2.75, 3.05) is 6.54 Å². The van der Waals surface area contributed by atoms with Crippen molar-refractivity contribution in [1.29, 1.82) is 0 Å². The van der Waals surface area contributed by atoms with Gasteiger partial charge in [-0.2, -0.15) is 0 Å². The third kappa shape index (κ3) is 2.58. The van der Waals surface area contributed by atoms with Crippen LogP contribution in [0.2, 0.25) is 0 Å². The molecule has 0 spiro atoms. The normalized spacial score (nSPS) is 14.4. The molecule has 0 amide bonds. The van der Waals surface area contributed by atoms with Crippen LogP contribution < -0.4 is 5.32 Å². The molecule has 0 aliphatic rings. The number of nitrogens with one attached hydrogen (secondary N) is 1. The van der Waals surface area contributed by atoms with Crippen LogP contribution in [0, 0.1) is 12.3 Å². The predicted molar refractivity (Wildman–Crippen MR) is 64.9 cm³/mol. The van der Waals surface area contributed by atoms with Crippen molar-refractivity contribution in [3.05, 3.63) is 21.9 Å². The molecule has 14 heavy (non-hydrogen) atoms. The zero-order valence-corrected chi connectivity index (χ0v) is 10.7. The lowest BCUT2D eigenvalue weighted by molar-refractivity contribution is 0.276. The Morgan fingerprint density at radius 2 is 2.07 bits per heavy atom. The SMILES string of the molecule is CCNC(c1ccsc1C)C(C)(C)C. The van der Waals surface area contributed by atoms with Crippen LogP contribution in [0.1, 0.15) is 44.2 Å². The van der Waals surface area contributed by atoms with Gasteiger partial charge in [-0.05, 0) is 35.9 Å². The largest absolute Gasteiger partial charge is 0.310 e. The van der Waals surface area contributed by atoms with Gasteiger partial charge in [0.25, 0.3) is 0 Å². The lowest BCUT2D eigenvalue weighted by Crippen LogP contribution is -2.32. The molecular formula is C12H21NS. The molecule has 1 rings (SSSR count). The lowest BCUT2D eigenvalue weighted by Gasteiger charge is -2.31. The smallest absolute Gasteiger partial charge is 0.0380 e. The van der Waals surface area contributed by atoms with Crippen LogP contribution in [0.25, 0.3) is 0 Å². The summed E-state index contributed by atoms with van der Waals surface area (Å²) < 4.78 is 0. The van der Waals surface area contributed by atoms with E-state index in [4.69, 9.17) is 0 Å². The molecule has 1 aromatic rings. The Morgan fingerprint density at radius 1 is 1.43 bits per heavy atom. The maximum Gasteiger partial charge on any atom is 0.0380 e. The second-order valence-electron chi connectivity index (χ2n) is 4.79. The summed E-state index contributed by atoms with van der Waals surface area (Å²) >= 11 is 1.83. The summed E-state index contributed by atoms with van der Waals surface area (Å²) in [5.41, 5.74) is 1.74. The Bertz CT molecular complexity index is 283. The topological polar surface area (TPSA) is 12.0 Å². The maximum atomic E-state index is 3.57. The van der Waals surface area contributed by atoms with E-state index in [2.05, 4.69) is 51.4 Å². The van der Waals surface area contributed by atoms with Gasteiger partial charge >= 0.3 is 0 Å². The van der Waals surface area contributed by atoms with Gasteiger partial charge in [0.15, 0.2) is 0 Å². The Labute approximate surface area is 91.5 Å². The molecule has 0 saturated heterocycles. The van der Waals surface area contributed by atoms with E-state index in [1.165, 1.54) is 10.4 Å². The fourth-order valence-electron chi connectivity index (χ4n) is 1.78. The van der Waals surface area contributed by atoms with E-state index < -0.39 is 0 Å². The summed E-state index contributed by atoms with van der Waals surface area (Å²) in [5.74, 6) is 0. The first-order chi connectivity index (χ1) is 6.46. The fraction of sp³-hybridized carbons (Fsp3) is 0.667. The highest BCUT2D eigenvalue weighted by Crippen LogP contribution is 2.35. The van der Waals surface area contributed by atoms with Crippen molar-refractivity contribution in [1.82, 2.24) is 5.32 Å². The van der Waals surface area contributed by atoms with Gasteiger partial charge in [-0.15, -0.1) is 11.3 Å². The molecule has 1 heterocycles. The van der Waals surface area contributed by atoms with Gasteiger partial charge in [-0.1, -0.05) is 27.7 Å². The molecule has 1 unspecified atom stereocenters. The number of thiophene rings is 1. The molecule has 0 aromatic carbocycles. The van der Waals surface area contributed by atoms with Crippen LogP contribution in [0.3, 0.4) is 0 Å². The van der Waals surface area contributed by atoms with Gasteiger partial charge in [0, 0.05) is 10.9 Å². The van der Waals surface area contributed by atoms with E-state index in [1.807, 2.05) is 11.3 Å². The third-order valence-corrected chi connectivity index (χ3v) is 3.35. The zero-order chi connectivity index (χ0) is 10.8. The molecule has 0 aliphatic carbocycles. The number of hydrogen-bond donors (Lipinski definition) is 1. The van der Waals surface area contributed by atoms with E-state index in [9.17, 15) is 0 Å². The lowest BCUT2D eigenvalue weighted by atomic mass is 9.82. The van der Waals surface area contributed by atoms with Crippen LogP contribution in [0.4, 0.5) is 0 Å².